The van der Waals surface area contributed by atoms with Crippen molar-refractivity contribution in [3.8, 4) is 5.88 Å². The molecular formula is C14H7F2NO2Se. The second-order valence-electron chi connectivity index (χ2n) is 3.97. The molecule has 0 aliphatic rings. The van der Waals surface area contributed by atoms with Gasteiger partial charge in [-0.3, -0.25) is 0 Å². The Hall–Kier alpha value is -2.04. The van der Waals surface area contributed by atoms with Crippen LogP contribution in [0.2, 0.25) is 0 Å². The van der Waals surface area contributed by atoms with Crippen LogP contribution in [0.4, 0.5) is 8.78 Å². The number of esters is 1. The van der Waals surface area contributed by atoms with E-state index in [-0.39, 0.29) is 20.6 Å². The van der Waals surface area contributed by atoms with Crippen LogP contribution in [0.1, 0.15) is 10.4 Å². The molecule has 20 heavy (non-hydrogen) atoms. The van der Waals surface area contributed by atoms with Gasteiger partial charge in [-0.05, 0) is 0 Å². The average Bonchev–Trinajstić information content (AvgIpc) is 2.85. The van der Waals surface area contributed by atoms with Crippen LogP contribution in [0.15, 0.2) is 42.5 Å². The summed E-state index contributed by atoms with van der Waals surface area (Å²) in [7, 11) is 0. The fraction of sp³-hybridized carbons (Fsp3) is 0. The average molecular weight is 338 g/mol. The number of nitrogens with zero attached hydrogens (tertiary/aromatic N) is 1. The van der Waals surface area contributed by atoms with Crippen LogP contribution in [-0.4, -0.2) is 24.7 Å². The molecule has 3 nitrogen and oxygen atoms in total. The van der Waals surface area contributed by atoms with Gasteiger partial charge in [-0.1, -0.05) is 0 Å². The number of rotatable bonds is 2. The summed E-state index contributed by atoms with van der Waals surface area (Å²) in [6, 6.07) is 10.7. The van der Waals surface area contributed by atoms with Crippen LogP contribution in [-0.2, 0) is 0 Å². The third-order valence-corrected chi connectivity index (χ3v) is 4.40. The first-order valence-electron chi connectivity index (χ1n) is 5.67. The third-order valence-electron chi connectivity index (χ3n) is 2.71. The van der Waals surface area contributed by atoms with Crippen molar-refractivity contribution in [2.75, 3.05) is 0 Å². The van der Waals surface area contributed by atoms with Crippen LogP contribution in [0.25, 0.3) is 9.65 Å². The quantitative estimate of drug-likeness (QED) is 0.533. The molecule has 6 heteroatoms. The summed E-state index contributed by atoms with van der Waals surface area (Å²) >= 11 is -0.160. The molecule has 0 saturated heterocycles. The second kappa shape index (κ2) is 5.15. The molecule has 2 aromatic carbocycles. The third kappa shape index (κ3) is 2.24. The Morgan fingerprint density at radius 3 is 2.75 bits per heavy atom. The molecule has 0 radical (unpaired) electrons. The van der Waals surface area contributed by atoms with Crippen LogP contribution in [0.5, 0.6) is 5.88 Å². The Morgan fingerprint density at radius 1 is 1.10 bits per heavy atom. The molecule has 3 aromatic rings. The molecule has 1 heterocycles. The van der Waals surface area contributed by atoms with E-state index in [4.69, 9.17) is 4.74 Å². The molecule has 0 spiro atoms. The van der Waals surface area contributed by atoms with Gasteiger partial charge in [-0.25, -0.2) is 0 Å². The van der Waals surface area contributed by atoms with Crippen LogP contribution in [0, 0.1) is 11.6 Å². The number of benzene rings is 2. The zero-order chi connectivity index (χ0) is 14.1. The van der Waals surface area contributed by atoms with Crippen molar-refractivity contribution in [1.82, 2.24) is 3.98 Å². The van der Waals surface area contributed by atoms with Crippen molar-refractivity contribution in [2.45, 2.75) is 0 Å². The van der Waals surface area contributed by atoms with Gasteiger partial charge < -0.3 is 0 Å². The molecule has 0 amide bonds. The number of aromatic nitrogens is 1. The molecule has 0 bridgehead atoms. The molecule has 0 atom stereocenters. The van der Waals surface area contributed by atoms with Crippen molar-refractivity contribution in [1.29, 1.82) is 0 Å². The second-order valence-corrected chi connectivity index (χ2v) is 5.66. The minimum atomic E-state index is -1.21. The van der Waals surface area contributed by atoms with E-state index in [2.05, 4.69) is 3.98 Å². The van der Waals surface area contributed by atoms with Crippen molar-refractivity contribution in [3.63, 3.8) is 0 Å². The summed E-state index contributed by atoms with van der Waals surface area (Å²) in [4.78, 5) is 11.9. The van der Waals surface area contributed by atoms with Gasteiger partial charge in [0.1, 0.15) is 0 Å². The monoisotopic (exact) mass is 339 g/mol. The SMILES string of the molecule is O=C(Oc1n[se]c2ccccc12)c1cccc(F)c1F. The van der Waals surface area contributed by atoms with E-state index in [0.717, 1.165) is 15.7 Å². The number of hydrogen-bond acceptors (Lipinski definition) is 3. The van der Waals surface area contributed by atoms with E-state index in [9.17, 15) is 13.6 Å². The van der Waals surface area contributed by atoms with Gasteiger partial charge in [-0.2, -0.15) is 0 Å². The number of halogens is 2. The van der Waals surface area contributed by atoms with Crippen molar-refractivity contribution >= 4 is 30.3 Å². The van der Waals surface area contributed by atoms with Gasteiger partial charge in [0.2, 0.25) is 0 Å². The van der Waals surface area contributed by atoms with Gasteiger partial charge in [0.05, 0.1) is 0 Å². The Balaban J connectivity index is 1.95. The molecule has 1 aromatic heterocycles. The Bertz CT molecular complexity index is 801. The first-order valence-corrected chi connectivity index (χ1v) is 7.29. The van der Waals surface area contributed by atoms with Crippen molar-refractivity contribution in [2.24, 2.45) is 0 Å². The standard InChI is InChI=1S/C14H7F2NO2Se/c15-10-6-3-5-9(12(10)16)14(18)19-13-8-4-1-2-7-11(8)20-17-13/h1-7H. The maximum atomic E-state index is 13.5. The van der Waals surface area contributed by atoms with E-state index >= 15 is 0 Å². The zero-order valence-electron chi connectivity index (χ0n) is 9.97. The first-order chi connectivity index (χ1) is 9.66. The molecule has 0 fully saturated rings. The number of hydrogen-bond donors (Lipinski definition) is 0. The summed E-state index contributed by atoms with van der Waals surface area (Å²) in [6.45, 7) is 0. The van der Waals surface area contributed by atoms with Gasteiger partial charge in [0.25, 0.3) is 0 Å². The molecule has 0 saturated carbocycles. The topological polar surface area (TPSA) is 39.2 Å². The van der Waals surface area contributed by atoms with Gasteiger partial charge in [0, 0.05) is 0 Å². The molecular weight excluding hydrogens is 331 g/mol. The summed E-state index contributed by atoms with van der Waals surface area (Å²) in [5.74, 6) is -3.09. The Kier molecular flexibility index (Phi) is 3.34. The Morgan fingerprint density at radius 2 is 1.90 bits per heavy atom. The predicted octanol–water partition coefficient (Wildman–Crippen LogP) is 2.79. The molecule has 0 aliphatic carbocycles. The fourth-order valence-electron chi connectivity index (χ4n) is 1.74. The normalized spacial score (nSPS) is 10.7. The summed E-state index contributed by atoms with van der Waals surface area (Å²) in [5.41, 5.74) is -0.440. The van der Waals surface area contributed by atoms with Crippen LogP contribution >= 0.6 is 0 Å². The first kappa shape index (κ1) is 13.0. The van der Waals surface area contributed by atoms with Gasteiger partial charge in [0.15, 0.2) is 0 Å². The number of ether oxygens (including phenoxy) is 1. The summed E-state index contributed by atoms with van der Waals surface area (Å²) in [6.07, 6.45) is 0. The van der Waals surface area contributed by atoms with E-state index in [0.29, 0.717) is 0 Å². The van der Waals surface area contributed by atoms with Crippen molar-refractivity contribution < 1.29 is 18.3 Å². The van der Waals surface area contributed by atoms with E-state index in [1.807, 2.05) is 12.1 Å². The number of carbonyl (C=O) groups is 1. The van der Waals surface area contributed by atoms with E-state index < -0.39 is 23.2 Å². The van der Waals surface area contributed by atoms with E-state index in [1.165, 1.54) is 12.1 Å². The Labute approximate surface area is 118 Å². The fourth-order valence-corrected chi connectivity index (χ4v) is 3.23. The summed E-state index contributed by atoms with van der Waals surface area (Å²) < 4.78 is 36.8. The number of carbonyl (C=O) groups excluding carboxylic acids is 1. The van der Waals surface area contributed by atoms with Gasteiger partial charge in [-0.15, -0.1) is 0 Å². The predicted molar refractivity (Wildman–Crippen MR) is 70.0 cm³/mol. The van der Waals surface area contributed by atoms with Crippen molar-refractivity contribution in [3.05, 3.63) is 59.7 Å². The minimum absolute atomic E-state index is 0.160. The van der Waals surface area contributed by atoms with Crippen LogP contribution < -0.4 is 4.74 Å². The van der Waals surface area contributed by atoms with Crippen LogP contribution in [0.3, 0.4) is 0 Å². The summed E-state index contributed by atoms with van der Waals surface area (Å²) in [5, 5.41) is 0.720. The molecule has 0 N–H and O–H groups in total. The zero-order valence-corrected chi connectivity index (χ0v) is 11.7. The van der Waals surface area contributed by atoms with Gasteiger partial charge >= 0.3 is 118 Å². The molecule has 3 rings (SSSR count). The molecule has 0 aliphatic heterocycles. The van der Waals surface area contributed by atoms with E-state index in [1.54, 1.807) is 12.1 Å². The maximum absolute atomic E-state index is 13.5. The molecule has 0 unspecified atom stereocenters. The number of fused-ring (bicyclic) bond motifs is 1. The molecule has 100 valence electrons.